The number of Topliss-reactive ketones (excluding diaryl/α,β-unsaturated/α-hetero) is 2. The molecule has 35 heteroatoms. The molecule has 0 unspecified atom stereocenters. The third-order valence-electron chi connectivity index (χ3n) is 25.8. The summed E-state index contributed by atoms with van der Waals surface area (Å²) in [5.74, 6) is -2.77. The normalized spacial score (nSPS) is 12.8. The van der Waals surface area contributed by atoms with Crippen LogP contribution in [0.4, 0.5) is 5.69 Å². The van der Waals surface area contributed by atoms with Crippen LogP contribution in [0.2, 0.25) is 0 Å². The van der Waals surface area contributed by atoms with Crippen LogP contribution in [0.3, 0.4) is 0 Å². The number of nitrogens with one attached hydrogen (secondary N) is 9. The summed E-state index contributed by atoms with van der Waals surface area (Å²) in [5.41, 5.74) is 25.4. The van der Waals surface area contributed by atoms with E-state index in [-0.39, 0.29) is 67.7 Å². The Labute approximate surface area is 832 Å². The summed E-state index contributed by atoms with van der Waals surface area (Å²) >= 11 is 0. The van der Waals surface area contributed by atoms with Gasteiger partial charge in [0.05, 0.1) is 74.5 Å². The van der Waals surface area contributed by atoms with Gasteiger partial charge in [-0.1, -0.05) is 110 Å². The van der Waals surface area contributed by atoms with E-state index in [1.165, 1.54) is 11.8 Å². The van der Waals surface area contributed by atoms with Gasteiger partial charge in [0.1, 0.15) is 17.5 Å². The second-order valence-corrected chi connectivity index (χ2v) is 38.0. The van der Waals surface area contributed by atoms with Crippen molar-refractivity contribution >= 4 is 103 Å². The number of carbonyl (C=O) groups is 10. The molecular formula is C108H131N25O10. The number of nitrogens with zero attached hydrogens (tertiary/aromatic N) is 15. The van der Waals surface area contributed by atoms with Crippen LogP contribution in [-0.2, 0) is 61.1 Å². The topological polar surface area (TPSA) is 445 Å². The summed E-state index contributed by atoms with van der Waals surface area (Å²) < 4.78 is 3.51. The minimum Gasteiger partial charge on any atom is -0.368 e. The zero-order valence-corrected chi connectivity index (χ0v) is 83.3. The molecule has 1 aliphatic heterocycles. The number of aromatic nitrogens is 12. The Morgan fingerprint density at radius 2 is 0.797 bits per heavy atom. The average Bonchev–Trinajstić information content (AvgIpc) is 1.64. The number of aromatic amines is 3. The van der Waals surface area contributed by atoms with Gasteiger partial charge >= 0.3 is 0 Å². The second kappa shape index (κ2) is 49.9. The largest absolute Gasteiger partial charge is 0.368 e. The van der Waals surface area contributed by atoms with Crippen LogP contribution < -0.4 is 37.6 Å². The molecule has 1 aliphatic rings. The highest BCUT2D eigenvalue weighted by Crippen LogP contribution is 2.36. The quantitative estimate of drug-likeness (QED) is 0.0158. The maximum atomic E-state index is 13.8. The fraction of sp³-hybridized carbons (Fsp3) is 0.389. The molecule has 4 atom stereocenters. The molecule has 11 N–H and O–H groups in total. The number of ketones is 2. The van der Waals surface area contributed by atoms with Crippen molar-refractivity contribution in [3.63, 3.8) is 0 Å². The summed E-state index contributed by atoms with van der Waals surface area (Å²) in [4.78, 5) is 170. The molecule has 0 bridgehead atoms. The molecule has 0 saturated heterocycles. The van der Waals surface area contributed by atoms with E-state index in [1.807, 2.05) is 184 Å². The zero-order valence-electron chi connectivity index (χ0n) is 83.3. The first-order valence-corrected chi connectivity index (χ1v) is 49.4. The van der Waals surface area contributed by atoms with Crippen molar-refractivity contribution in [2.75, 3.05) is 121 Å². The van der Waals surface area contributed by atoms with Gasteiger partial charge in [-0.25, -0.2) is 15.0 Å². The Morgan fingerprint density at radius 3 is 1.23 bits per heavy atom. The lowest BCUT2D eigenvalue weighted by molar-refractivity contribution is -0.140. The van der Waals surface area contributed by atoms with Gasteiger partial charge in [-0.05, 0) is 251 Å². The van der Waals surface area contributed by atoms with Crippen molar-refractivity contribution in [2.24, 2.45) is 22.6 Å². The number of aliphatic imine (C=N–C) groups is 1. The Balaban J connectivity index is 0.411. The lowest BCUT2D eigenvalue weighted by Crippen LogP contribution is -2.45. The first kappa shape index (κ1) is 104. The lowest BCUT2D eigenvalue weighted by Gasteiger charge is -2.25. The van der Waals surface area contributed by atoms with E-state index in [4.69, 9.17) is 25.7 Å². The molecule has 0 radical (unpaired) electrons. The van der Waals surface area contributed by atoms with Gasteiger partial charge in [0.15, 0.2) is 11.6 Å². The number of hydrogen-bond acceptors (Lipinski definition) is 22. The van der Waals surface area contributed by atoms with Crippen LogP contribution >= 0.6 is 0 Å². The summed E-state index contributed by atoms with van der Waals surface area (Å²) in [6.07, 6.45) is 12.0. The number of nitrogens with two attached hydrogens (primary N) is 1. The number of hydrogen-bond donors (Lipinski definition) is 10. The molecule has 35 nitrogen and oxygen atoms in total. The first-order chi connectivity index (χ1) is 68.9. The summed E-state index contributed by atoms with van der Waals surface area (Å²) in [6.45, 7) is 13.7. The number of H-pyrrole nitrogens is 3. The van der Waals surface area contributed by atoms with Crippen molar-refractivity contribution in [1.82, 2.24) is 116 Å². The van der Waals surface area contributed by atoms with E-state index in [0.717, 1.165) is 177 Å². The molecule has 0 spiro atoms. The molecule has 0 aliphatic carbocycles. The van der Waals surface area contributed by atoms with Crippen molar-refractivity contribution in [2.45, 2.75) is 143 Å². The molecule has 13 aromatic rings. The van der Waals surface area contributed by atoms with Crippen molar-refractivity contribution in [3.05, 3.63) is 227 Å². The van der Waals surface area contributed by atoms with Gasteiger partial charge < -0.3 is 77.1 Å². The van der Waals surface area contributed by atoms with Crippen LogP contribution in [0, 0.1) is 11.8 Å². The number of aryl methyl sites for hydroxylation is 4. The van der Waals surface area contributed by atoms with Crippen LogP contribution in [0.15, 0.2) is 187 Å². The number of benzene rings is 8. The fourth-order valence-electron chi connectivity index (χ4n) is 17.2. The maximum Gasteiger partial charge on any atom is 0.251 e. The zero-order chi connectivity index (χ0) is 101. The number of amides is 8. The minimum atomic E-state index is -0.982. The molecular weight excluding hydrogens is 1810 g/mol. The SMILES string of the molecule is C[C@@H](CC(=O)[C@@H](C)NC(=O)CCCCCn1cc(CCCCN(C)CCNC(=O)c2ccc(-c3nc4cc(-c5ccc6c(c5)N=C(c5ccc(C(=O)NCCN(C)C)cc5)C6)ccc4[nH]3)cc2)nn1)C(=O)N[C@H](C)C(=O)C[C@H](C)C(=O)N(CCCn1cc(CCCCN(C)CCNC(=O)c2ccc(-c3nc4cc(-c5ccc6[nH]c(-c7ccc(C(=O)NCCN(C)C)cc7)nc6c5)ccc4[nH]3)cc2)nn1)CC(N)=O. The van der Waals surface area contributed by atoms with Gasteiger partial charge in [0.25, 0.3) is 23.6 Å². The van der Waals surface area contributed by atoms with E-state index in [1.54, 1.807) is 37.6 Å². The lowest BCUT2D eigenvalue weighted by atomic mass is 9.97. The third kappa shape index (κ3) is 29.6. The monoisotopic (exact) mass is 1940 g/mol. The second-order valence-electron chi connectivity index (χ2n) is 38.0. The number of likely N-dealkylation sites (N-methyl/N-ethyl adjacent to an activating group) is 4. The number of primary amides is 1. The number of unbranched alkanes of at least 4 members (excludes halogenated alkanes) is 4. The van der Waals surface area contributed by atoms with Crippen molar-refractivity contribution < 1.29 is 47.9 Å². The molecule has 8 amide bonds. The number of rotatable bonds is 54. The van der Waals surface area contributed by atoms with Gasteiger partial charge in [0, 0.05) is 161 Å². The van der Waals surface area contributed by atoms with Crippen LogP contribution in [0.25, 0.3) is 89.5 Å². The molecule has 748 valence electrons. The van der Waals surface area contributed by atoms with Gasteiger partial charge in [-0.15, -0.1) is 10.2 Å². The van der Waals surface area contributed by atoms with E-state index in [2.05, 4.69) is 120 Å². The van der Waals surface area contributed by atoms with Crippen LogP contribution in [-0.4, -0.2) is 282 Å². The highest BCUT2D eigenvalue weighted by atomic mass is 16.2. The molecule has 6 heterocycles. The van der Waals surface area contributed by atoms with E-state index < -0.39 is 47.4 Å². The van der Waals surface area contributed by atoms with E-state index in [0.29, 0.717) is 118 Å². The van der Waals surface area contributed by atoms with Crippen LogP contribution in [0.1, 0.15) is 162 Å². The summed E-state index contributed by atoms with van der Waals surface area (Å²) in [7, 11) is 11.9. The predicted molar refractivity (Wildman–Crippen MR) is 554 cm³/mol. The number of fused-ring (bicyclic) bond motifs is 4. The summed E-state index contributed by atoms with van der Waals surface area (Å²) in [5, 5.41) is 34.8. The predicted octanol–water partition coefficient (Wildman–Crippen LogP) is 11.6. The highest BCUT2D eigenvalue weighted by molar-refractivity contribution is 6.08. The Kier molecular flexibility index (Phi) is 36.3. The molecule has 5 aromatic heterocycles. The molecule has 0 saturated carbocycles. The average molecular weight is 1940 g/mol. The Morgan fingerprint density at radius 1 is 0.406 bits per heavy atom. The molecule has 14 rings (SSSR count). The van der Waals surface area contributed by atoms with Crippen molar-refractivity contribution in [3.8, 4) is 56.4 Å². The Bertz CT molecular complexity index is 6650. The van der Waals surface area contributed by atoms with Gasteiger partial charge in [-0.2, -0.15) is 0 Å². The fourth-order valence-corrected chi connectivity index (χ4v) is 17.2. The number of imidazole rings is 3. The standard InChI is InChI=1S/C108H131N25O10/c1-69(59-96(134)71(3)114-99(137)21-12-11-15-53-132-66-86(123-125-132)19-13-16-50-129(9)57-48-112-106(141)79-34-26-75(27-35-79)100-117-88-43-40-82(62-93(88)120-100)81-38-39-85-65-91(116-92(85)61-81)73-22-30-77(31-23-73)104(139)110-46-55-127(5)6)103(138)115-72(4)97(135)60-70(2)108(143)131(68-98(109)136)52-18-54-133-67-87(124-126-133)20-14-17-51-130(10)58-49-113-107(142)80-36-28-76(29-37-80)102-119-90-45-42-84(64-95(90)122-102)83-41-44-89-94(63-83)121-101(118-89)74-24-32-78(33-25-74)105(140)111-47-56-128(7)8/h22-45,61-64,66-67,69-72H,11-21,46-60,65,68H2,1-10H3,(H2,109,136)(H,110,139)(H,111,140)(H,112,141)(H,113,142)(H,114,137)(H,115,138)(H,117,120)(H,118,121)(H,119,122)/t69-,70-,71+,72+/m0/s1. The summed E-state index contributed by atoms with van der Waals surface area (Å²) in [6, 6.07) is 52.8. The number of carbonyl (C=O) groups excluding carboxylic acids is 10. The maximum absolute atomic E-state index is 13.8. The molecule has 0 fully saturated rings. The van der Waals surface area contributed by atoms with Gasteiger partial charge in [0.2, 0.25) is 23.6 Å². The van der Waals surface area contributed by atoms with Crippen LogP contribution in [0.5, 0.6) is 0 Å². The minimum absolute atomic E-state index is 0.0894. The van der Waals surface area contributed by atoms with E-state index in [9.17, 15) is 47.9 Å². The smallest absolute Gasteiger partial charge is 0.251 e. The Hall–Kier alpha value is -14.9. The third-order valence-corrected chi connectivity index (χ3v) is 25.8. The first-order valence-electron chi connectivity index (χ1n) is 49.4. The van der Waals surface area contributed by atoms with Gasteiger partial charge in [-0.3, -0.25) is 62.3 Å². The molecule has 8 aromatic carbocycles. The molecule has 143 heavy (non-hydrogen) atoms. The van der Waals surface area contributed by atoms with Crippen molar-refractivity contribution in [1.29, 1.82) is 0 Å². The highest BCUT2D eigenvalue weighted by Gasteiger charge is 2.30. The van der Waals surface area contributed by atoms with E-state index >= 15 is 0 Å².